The molecule has 6 atom stereocenters. The molecule has 6 unspecified atom stereocenters. The highest BCUT2D eigenvalue weighted by Crippen LogP contribution is 2.56. The van der Waals surface area contributed by atoms with Crippen LogP contribution in [-0.4, -0.2) is 17.5 Å². The minimum absolute atomic E-state index is 0.00988. The molecule has 2 aliphatic heterocycles. The van der Waals surface area contributed by atoms with Crippen LogP contribution >= 0.6 is 0 Å². The van der Waals surface area contributed by atoms with Gasteiger partial charge in [-0.15, -0.1) is 0 Å². The second-order valence-corrected chi connectivity index (χ2v) is 9.45. The highest BCUT2D eigenvalue weighted by Gasteiger charge is 2.52. The van der Waals surface area contributed by atoms with E-state index in [4.69, 9.17) is 4.99 Å². The highest BCUT2D eigenvalue weighted by atomic mass is 15.0. The molecule has 0 amide bonds. The normalized spacial score (nSPS) is 33.2. The minimum Gasteiger partial charge on any atom is -0.366 e. The third-order valence-corrected chi connectivity index (χ3v) is 7.77. The van der Waals surface area contributed by atoms with Crippen molar-refractivity contribution in [3.8, 4) is 36.4 Å². The Balaban J connectivity index is 2.17. The summed E-state index contributed by atoms with van der Waals surface area (Å²) in [5.41, 5.74) is 3.54. The van der Waals surface area contributed by atoms with Crippen molar-refractivity contribution in [1.29, 1.82) is 31.6 Å². The molecule has 0 saturated carbocycles. The zero-order valence-electron chi connectivity index (χ0n) is 20.7. The van der Waals surface area contributed by atoms with Crippen molar-refractivity contribution in [2.75, 3.05) is 0 Å². The van der Waals surface area contributed by atoms with Crippen LogP contribution in [0.5, 0.6) is 0 Å². The first-order valence-corrected chi connectivity index (χ1v) is 12.2. The van der Waals surface area contributed by atoms with E-state index in [0.29, 0.717) is 47.5 Å². The van der Waals surface area contributed by atoms with E-state index in [0.717, 1.165) is 5.57 Å². The molecule has 0 aromatic rings. The Morgan fingerprint density at radius 1 is 0.865 bits per heavy atom. The van der Waals surface area contributed by atoms with Gasteiger partial charge in [-0.2, -0.15) is 31.6 Å². The van der Waals surface area contributed by atoms with Crippen LogP contribution in [-0.2, 0) is 0 Å². The molecule has 0 aromatic carbocycles. The lowest BCUT2D eigenvalue weighted by Gasteiger charge is -2.48. The van der Waals surface area contributed by atoms with Crippen LogP contribution in [0.3, 0.4) is 0 Å². The number of allylic oxidation sites excluding steroid dienone is 7. The van der Waals surface area contributed by atoms with Gasteiger partial charge in [0, 0.05) is 46.1 Å². The highest BCUT2D eigenvalue weighted by molar-refractivity contribution is 6.14. The number of hydrogen-bond acceptors (Lipinski definition) is 9. The zero-order valence-corrected chi connectivity index (χ0v) is 20.7. The molecule has 9 heteroatoms. The Morgan fingerprint density at radius 2 is 1.51 bits per heavy atom. The van der Waals surface area contributed by atoms with Crippen molar-refractivity contribution in [2.24, 2.45) is 39.6 Å². The van der Waals surface area contributed by atoms with Gasteiger partial charge in [-0.3, -0.25) is 0 Å². The smallest absolute Gasteiger partial charge is 0.167 e. The predicted octanol–water partition coefficient (Wildman–Crippen LogP) is 4.02. The summed E-state index contributed by atoms with van der Waals surface area (Å²) < 4.78 is 0. The number of nitriles is 6. The monoisotopic (exact) mass is 485 g/mol. The van der Waals surface area contributed by atoms with Crippen LogP contribution in [0.15, 0.2) is 55.4 Å². The predicted molar refractivity (Wildman–Crippen MR) is 133 cm³/mol. The molecule has 1 N–H and O–H groups in total. The summed E-state index contributed by atoms with van der Waals surface area (Å²) in [5.74, 6) is -1.66. The molecule has 0 aromatic heterocycles. The molecule has 180 valence electrons. The zero-order chi connectivity index (χ0) is 26.9. The Hall–Kier alpha value is -4.96. The van der Waals surface area contributed by atoms with E-state index in [1.165, 1.54) is 0 Å². The number of rotatable bonds is 2. The lowest BCUT2D eigenvalue weighted by atomic mass is 9.57. The van der Waals surface area contributed by atoms with Crippen molar-refractivity contribution in [2.45, 2.75) is 46.1 Å². The van der Waals surface area contributed by atoms with E-state index in [-0.39, 0.29) is 46.6 Å². The number of nitrogens with one attached hydrogen (secondary N) is 1. The summed E-state index contributed by atoms with van der Waals surface area (Å²) in [5, 5.41) is 62.7. The summed E-state index contributed by atoms with van der Waals surface area (Å²) in [7, 11) is 0. The van der Waals surface area contributed by atoms with Crippen LogP contribution in [0.25, 0.3) is 0 Å². The van der Waals surface area contributed by atoms with Crippen molar-refractivity contribution in [3.05, 3.63) is 45.5 Å². The summed E-state index contributed by atoms with van der Waals surface area (Å²) in [6.45, 7) is 5.87. The van der Waals surface area contributed by atoms with E-state index in [1.54, 1.807) is 6.08 Å². The topological polar surface area (TPSA) is 179 Å². The van der Waals surface area contributed by atoms with Crippen LogP contribution in [0.4, 0.5) is 0 Å². The van der Waals surface area contributed by atoms with Crippen molar-refractivity contribution >= 4 is 11.4 Å². The van der Waals surface area contributed by atoms with E-state index in [9.17, 15) is 31.6 Å². The number of nitrogens with zero attached hydrogens (tertiary/aromatic N) is 8. The molecular formula is C28H23N9. The molecule has 0 radical (unpaired) electrons. The Kier molecular flexibility index (Phi) is 6.77. The molecule has 4 aliphatic rings. The van der Waals surface area contributed by atoms with Gasteiger partial charge in [0.05, 0.1) is 35.2 Å². The summed E-state index contributed by atoms with van der Waals surface area (Å²) >= 11 is 0. The third kappa shape index (κ3) is 3.71. The van der Waals surface area contributed by atoms with Crippen LogP contribution in [0.1, 0.15) is 40.0 Å². The van der Waals surface area contributed by atoms with Gasteiger partial charge in [0.25, 0.3) is 0 Å². The number of hydrogen-bond donors (Lipinski definition) is 1. The van der Waals surface area contributed by atoms with Gasteiger partial charge in [0.15, 0.2) is 17.5 Å². The van der Waals surface area contributed by atoms with E-state index in [1.807, 2.05) is 26.8 Å². The molecule has 0 saturated heterocycles. The quantitative estimate of drug-likeness (QED) is 0.613. The van der Waals surface area contributed by atoms with Crippen molar-refractivity contribution < 1.29 is 0 Å². The summed E-state index contributed by atoms with van der Waals surface area (Å²) in [6.07, 6.45) is 3.22. The Labute approximate surface area is 216 Å². The molecule has 0 bridgehead atoms. The molecule has 2 heterocycles. The summed E-state index contributed by atoms with van der Waals surface area (Å²) in [6, 6.07) is 11.9. The Morgan fingerprint density at radius 3 is 2.03 bits per heavy atom. The van der Waals surface area contributed by atoms with Gasteiger partial charge in [-0.1, -0.05) is 26.8 Å². The van der Waals surface area contributed by atoms with Gasteiger partial charge in [-0.05, 0) is 25.2 Å². The maximum Gasteiger partial charge on any atom is 0.167 e. The van der Waals surface area contributed by atoms with E-state index < -0.39 is 6.04 Å². The fraction of sp³-hybridized carbons (Fsp3) is 0.429. The van der Waals surface area contributed by atoms with Gasteiger partial charge in [-0.25, -0.2) is 9.98 Å². The second-order valence-electron chi connectivity index (χ2n) is 9.45. The minimum atomic E-state index is -0.942. The molecule has 4 rings (SSSR count). The lowest BCUT2D eigenvalue weighted by molar-refractivity contribution is 0.215. The first-order chi connectivity index (χ1) is 17.9. The molecule has 37 heavy (non-hydrogen) atoms. The number of aliphatic imine (C=N–C) groups is 2. The van der Waals surface area contributed by atoms with Gasteiger partial charge < -0.3 is 5.32 Å². The van der Waals surface area contributed by atoms with Gasteiger partial charge in [0.2, 0.25) is 0 Å². The third-order valence-electron chi connectivity index (χ3n) is 7.77. The SMILES string of the molecule is CCC1C(C#N)=C(C#N)C(CC)C2C3=C(N=C(C#N)C(C#N)N3)C3=C(/N=C(C#N)\C(C#N)=C\CC3C)C12. The van der Waals surface area contributed by atoms with E-state index in [2.05, 4.69) is 40.7 Å². The fourth-order valence-electron chi connectivity index (χ4n) is 6.18. The van der Waals surface area contributed by atoms with Crippen LogP contribution in [0.2, 0.25) is 0 Å². The van der Waals surface area contributed by atoms with Crippen LogP contribution < -0.4 is 5.32 Å². The first kappa shape index (κ1) is 25.1. The number of fused-ring (bicyclic) bond motifs is 4. The largest absolute Gasteiger partial charge is 0.366 e. The molecular weight excluding hydrogens is 462 g/mol. The average molecular weight is 486 g/mol. The maximum atomic E-state index is 10.2. The average Bonchev–Trinajstić information content (AvgIpc) is 2.92. The maximum absolute atomic E-state index is 10.2. The van der Waals surface area contributed by atoms with Crippen molar-refractivity contribution in [1.82, 2.24) is 5.32 Å². The van der Waals surface area contributed by atoms with Crippen LogP contribution in [0, 0.1) is 97.6 Å². The molecule has 2 aliphatic carbocycles. The second kappa shape index (κ2) is 9.96. The summed E-state index contributed by atoms with van der Waals surface area (Å²) in [4.78, 5) is 9.44. The molecule has 0 spiro atoms. The first-order valence-electron chi connectivity index (χ1n) is 12.2. The fourth-order valence-corrected chi connectivity index (χ4v) is 6.18. The van der Waals surface area contributed by atoms with Crippen molar-refractivity contribution in [3.63, 3.8) is 0 Å². The molecule has 9 nitrogen and oxygen atoms in total. The van der Waals surface area contributed by atoms with Gasteiger partial charge >= 0.3 is 0 Å². The molecule has 0 fully saturated rings. The standard InChI is InChI=1S/C28H23N9/c1-4-16-18(9-30)19(10-31)17(5-2)25-24(16)26-23(14(3)6-7-15(8-29)20(11-32)35-26)27-28(25)37-22(13-34)21(12-33)36-27/h7,14,16-17,22,24-25,37H,4-6H2,1-3H3/b15-7+,35-20-. The Bertz CT molecular complexity index is 1510. The lowest BCUT2D eigenvalue weighted by Crippen LogP contribution is -2.49. The van der Waals surface area contributed by atoms with E-state index >= 15 is 0 Å². The van der Waals surface area contributed by atoms with Gasteiger partial charge in [0.1, 0.15) is 18.2 Å².